The average molecular weight is 219 g/mol. The Bertz CT molecular complexity index is 443. The van der Waals surface area contributed by atoms with E-state index in [1.807, 2.05) is 0 Å². The van der Waals surface area contributed by atoms with E-state index in [0.717, 1.165) is 6.42 Å². The molecule has 1 N–H and O–H groups in total. The normalized spacial score (nSPS) is 21.6. The minimum Gasteiger partial charge on any atom is -0.384 e. The fraction of sp³-hybridized carbons (Fsp3) is 0.462. The van der Waals surface area contributed by atoms with Crippen molar-refractivity contribution < 1.29 is 9.50 Å². The predicted octanol–water partition coefficient (Wildman–Crippen LogP) is 2.73. The lowest BCUT2D eigenvalue weighted by atomic mass is 9.58. The van der Waals surface area contributed by atoms with Crippen LogP contribution in [-0.4, -0.2) is 5.11 Å². The maximum atomic E-state index is 13.1. The van der Waals surface area contributed by atoms with Gasteiger partial charge in [-0.2, -0.15) is 5.26 Å². The van der Waals surface area contributed by atoms with Crippen LogP contribution in [0.15, 0.2) is 24.3 Å². The molecular formula is C13H14FNO. The van der Waals surface area contributed by atoms with Crippen LogP contribution in [0.1, 0.15) is 31.7 Å². The van der Waals surface area contributed by atoms with E-state index in [2.05, 4.69) is 6.07 Å². The van der Waals surface area contributed by atoms with Crippen LogP contribution in [0.3, 0.4) is 0 Å². The number of hydrogen-bond acceptors (Lipinski definition) is 2. The molecule has 84 valence electrons. The smallest absolute Gasteiger partial charge is 0.123 e. The second kappa shape index (κ2) is 3.57. The van der Waals surface area contributed by atoms with Gasteiger partial charge in [0.25, 0.3) is 0 Å². The third-order valence-electron chi connectivity index (χ3n) is 3.74. The zero-order valence-corrected chi connectivity index (χ0v) is 9.20. The fourth-order valence-corrected chi connectivity index (χ4v) is 2.31. The van der Waals surface area contributed by atoms with Gasteiger partial charge >= 0.3 is 0 Å². The Morgan fingerprint density at radius 2 is 2.19 bits per heavy atom. The van der Waals surface area contributed by atoms with Crippen molar-refractivity contribution in [2.24, 2.45) is 5.41 Å². The minimum absolute atomic E-state index is 0.384. The third kappa shape index (κ3) is 1.42. The standard InChI is InChI=1S/C13H14FNO/c1-12(16,13(9-15)6-3-7-13)10-4-2-5-11(14)8-10/h2,4-5,8,16H,3,6-7H2,1H3. The van der Waals surface area contributed by atoms with Gasteiger partial charge in [0, 0.05) is 0 Å². The zero-order valence-electron chi connectivity index (χ0n) is 9.20. The molecule has 0 aromatic heterocycles. The fourth-order valence-electron chi connectivity index (χ4n) is 2.31. The van der Waals surface area contributed by atoms with Crippen molar-refractivity contribution in [3.05, 3.63) is 35.6 Å². The lowest BCUT2D eigenvalue weighted by Crippen LogP contribution is -2.47. The summed E-state index contributed by atoms with van der Waals surface area (Å²) < 4.78 is 13.1. The Morgan fingerprint density at radius 1 is 1.50 bits per heavy atom. The number of aliphatic hydroxyl groups is 1. The van der Waals surface area contributed by atoms with Gasteiger partial charge in [-0.05, 0) is 37.5 Å². The SMILES string of the molecule is CC(O)(c1cccc(F)c1)C1(C#N)CCC1. The van der Waals surface area contributed by atoms with Crippen LogP contribution in [-0.2, 0) is 5.60 Å². The maximum Gasteiger partial charge on any atom is 0.123 e. The van der Waals surface area contributed by atoms with Gasteiger partial charge in [-0.1, -0.05) is 18.6 Å². The molecule has 0 bridgehead atoms. The van der Waals surface area contributed by atoms with E-state index < -0.39 is 11.0 Å². The largest absolute Gasteiger partial charge is 0.384 e. The summed E-state index contributed by atoms with van der Waals surface area (Å²) >= 11 is 0. The number of nitrogens with zero attached hydrogens (tertiary/aromatic N) is 1. The first-order valence-corrected chi connectivity index (χ1v) is 5.41. The molecular weight excluding hydrogens is 205 g/mol. The molecule has 2 rings (SSSR count). The van der Waals surface area contributed by atoms with Crippen LogP contribution in [0.2, 0.25) is 0 Å². The van der Waals surface area contributed by atoms with Crippen molar-refractivity contribution in [2.45, 2.75) is 31.8 Å². The summed E-state index contributed by atoms with van der Waals surface area (Å²) in [6.45, 7) is 1.60. The van der Waals surface area contributed by atoms with Crippen molar-refractivity contribution >= 4 is 0 Å². The second-order valence-electron chi connectivity index (χ2n) is 4.63. The summed E-state index contributed by atoms with van der Waals surface area (Å²) in [5, 5.41) is 19.7. The molecule has 1 aromatic rings. The van der Waals surface area contributed by atoms with Crippen LogP contribution in [0.5, 0.6) is 0 Å². The Hall–Kier alpha value is -1.40. The lowest BCUT2D eigenvalue weighted by molar-refractivity contribution is -0.0860. The van der Waals surface area contributed by atoms with Gasteiger partial charge in [-0.15, -0.1) is 0 Å². The van der Waals surface area contributed by atoms with Gasteiger partial charge in [0.2, 0.25) is 0 Å². The molecule has 16 heavy (non-hydrogen) atoms. The topological polar surface area (TPSA) is 44.0 Å². The molecule has 0 saturated heterocycles. The number of halogens is 1. The highest BCUT2D eigenvalue weighted by Gasteiger charge is 2.52. The van der Waals surface area contributed by atoms with Crippen molar-refractivity contribution in [3.63, 3.8) is 0 Å². The molecule has 1 aliphatic rings. The molecule has 0 heterocycles. The number of nitriles is 1. The molecule has 1 saturated carbocycles. The van der Waals surface area contributed by atoms with E-state index in [-0.39, 0.29) is 5.82 Å². The molecule has 2 nitrogen and oxygen atoms in total. The van der Waals surface area contributed by atoms with E-state index in [9.17, 15) is 14.8 Å². The molecule has 0 aliphatic heterocycles. The second-order valence-corrected chi connectivity index (χ2v) is 4.63. The summed E-state index contributed by atoms with van der Waals surface area (Å²) in [4.78, 5) is 0. The van der Waals surface area contributed by atoms with Crippen LogP contribution >= 0.6 is 0 Å². The molecule has 3 heteroatoms. The van der Waals surface area contributed by atoms with Crippen LogP contribution in [0, 0.1) is 22.6 Å². The number of hydrogen-bond donors (Lipinski definition) is 1. The predicted molar refractivity (Wildman–Crippen MR) is 57.9 cm³/mol. The first-order valence-electron chi connectivity index (χ1n) is 5.41. The highest BCUT2D eigenvalue weighted by molar-refractivity contribution is 5.30. The van der Waals surface area contributed by atoms with Gasteiger partial charge in [0.05, 0.1) is 11.5 Å². The van der Waals surface area contributed by atoms with E-state index in [0.29, 0.717) is 18.4 Å². The van der Waals surface area contributed by atoms with Crippen molar-refractivity contribution in [1.29, 1.82) is 5.26 Å². The molecule has 1 unspecified atom stereocenters. The Morgan fingerprint density at radius 3 is 2.62 bits per heavy atom. The van der Waals surface area contributed by atoms with Crippen molar-refractivity contribution in [2.75, 3.05) is 0 Å². The molecule has 0 radical (unpaired) electrons. The average Bonchev–Trinajstić information content (AvgIpc) is 2.16. The van der Waals surface area contributed by atoms with E-state index in [1.54, 1.807) is 19.1 Å². The third-order valence-corrected chi connectivity index (χ3v) is 3.74. The Balaban J connectivity index is 2.42. The maximum absolute atomic E-state index is 13.1. The highest BCUT2D eigenvalue weighted by Crippen LogP contribution is 2.53. The quantitative estimate of drug-likeness (QED) is 0.831. The number of benzene rings is 1. The summed E-state index contributed by atoms with van der Waals surface area (Å²) in [6.07, 6.45) is 2.29. The van der Waals surface area contributed by atoms with Gasteiger partial charge < -0.3 is 5.11 Å². The summed E-state index contributed by atoms with van der Waals surface area (Å²) in [7, 11) is 0. The molecule has 1 aliphatic carbocycles. The molecule has 1 fully saturated rings. The Kier molecular flexibility index (Phi) is 2.47. The number of rotatable bonds is 2. The monoisotopic (exact) mass is 219 g/mol. The lowest BCUT2D eigenvalue weighted by Gasteiger charge is -2.46. The highest BCUT2D eigenvalue weighted by atomic mass is 19.1. The summed E-state index contributed by atoms with van der Waals surface area (Å²) in [6, 6.07) is 8.06. The van der Waals surface area contributed by atoms with Gasteiger partial charge in [0.1, 0.15) is 11.4 Å². The van der Waals surface area contributed by atoms with Crippen LogP contribution < -0.4 is 0 Å². The van der Waals surface area contributed by atoms with Gasteiger partial charge in [-0.3, -0.25) is 0 Å². The van der Waals surface area contributed by atoms with E-state index in [4.69, 9.17) is 0 Å². The zero-order chi connectivity index (χ0) is 11.8. The van der Waals surface area contributed by atoms with Gasteiger partial charge in [0.15, 0.2) is 0 Å². The van der Waals surface area contributed by atoms with Crippen molar-refractivity contribution in [3.8, 4) is 6.07 Å². The minimum atomic E-state index is -1.28. The van der Waals surface area contributed by atoms with Crippen molar-refractivity contribution in [1.82, 2.24) is 0 Å². The summed E-state index contributed by atoms with van der Waals surface area (Å²) in [5.41, 5.74) is -1.54. The van der Waals surface area contributed by atoms with Crippen LogP contribution in [0.4, 0.5) is 4.39 Å². The molecule has 1 atom stereocenters. The Labute approximate surface area is 94.3 Å². The molecule has 0 amide bonds. The van der Waals surface area contributed by atoms with Crippen LogP contribution in [0.25, 0.3) is 0 Å². The molecule has 1 aromatic carbocycles. The van der Waals surface area contributed by atoms with E-state index >= 15 is 0 Å². The van der Waals surface area contributed by atoms with Gasteiger partial charge in [-0.25, -0.2) is 4.39 Å². The summed E-state index contributed by atoms with van der Waals surface area (Å²) in [5.74, 6) is -0.384. The van der Waals surface area contributed by atoms with E-state index in [1.165, 1.54) is 12.1 Å². The first kappa shape index (κ1) is 11.1. The molecule has 0 spiro atoms. The first-order chi connectivity index (χ1) is 7.52.